The van der Waals surface area contributed by atoms with E-state index in [1.807, 2.05) is 41.5 Å². The van der Waals surface area contributed by atoms with Crippen LogP contribution in [0, 0.1) is 0 Å². The van der Waals surface area contributed by atoms with Gasteiger partial charge in [0.15, 0.2) is 0 Å². The standard InChI is InChI=1S/C14H27F3O2Si/c1-9-10-20(13(6,7)8,19-12(3,4)5)18-11(2)14(15,16)17/h9,11H,1,10H2,2-8H3. The van der Waals surface area contributed by atoms with Gasteiger partial charge in [0.25, 0.3) is 0 Å². The largest absolute Gasteiger partial charge is 0.413 e. The molecule has 0 bridgehead atoms. The van der Waals surface area contributed by atoms with Gasteiger partial charge in [0.2, 0.25) is 0 Å². The van der Waals surface area contributed by atoms with Gasteiger partial charge in [-0.15, -0.1) is 6.58 Å². The fourth-order valence-electron chi connectivity index (χ4n) is 1.79. The Kier molecular flexibility index (Phi) is 6.09. The second-order valence-corrected chi connectivity index (χ2v) is 10.9. The SMILES string of the molecule is C=CC[Si](OC(C)C(F)(F)F)(OC(C)(C)C)C(C)(C)C. The molecule has 0 fully saturated rings. The van der Waals surface area contributed by atoms with E-state index in [4.69, 9.17) is 8.85 Å². The normalized spacial score (nSPS) is 18.5. The highest BCUT2D eigenvalue weighted by Gasteiger charge is 2.54. The minimum Gasteiger partial charge on any atom is -0.389 e. The van der Waals surface area contributed by atoms with Gasteiger partial charge in [-0.1, -0.05) is 26.8 Å². The van der Waals surface area contributed by atoms with Crippen LogP contribution in [0.1, 0.15) is 48.5 Å². The Morgan fingerprint density at radius 1 is 1.10 bits per heavy atom. The predicted molar refractivity (Wildman–Crippen MR) is 77.9 cm³/mol. The van der Waals surface area contributed by atoms with E-state index in [9.17, 15) is 13.2 Å². The van der Waals surface area contributed by atoms with E-state index in [1.165, 1.54) is 0 Å². The molecule has 0 aromatic rings. The van der Waals surface area contributed by atoms with Gasteiger partial charge in [-0.25, -0.2) is 0 Å². The lowest BCUT2D eigenvalue weighted by Crippen LogP contribution is -2.57. The smallest absolute Gasteiger partial charge is 0.389 e. The van der Waals surface area contributed by atoms with Crippen molar-refractivity contribution < 1.29 is 22.0 Å². The minimum absolute atomic E-state index is 0.314. The zero-order chi connectivity index (χ0) is 16.4. The summed E-state index contributed by atoms with van der Waals surface area (Å²) in [5.74, 6) is 0. The molecular formula is C14H27F3O2Si. The average molecular weight is 312 g/mol. The van der Waals surface area contributed by atoms with Crippen molar-refractivity contribution in [3.05, 3.63) is 12.7 Å². The second kappa shape index (κ2) is 6.20. The van der Waals surface area contributed by atoms with Crippen LogP contribution < -0.4 is 0 Å². The van der Waals surface area contributed by atoms with Crippen molar-refractivity contribution in [1.29, 1.82) is 0 Å². The maximum Gasteiger partial charge on any atom is 0.413 e. The third-order valence-electron chi connectivity index (χ3n) is 2.85. The number of alkyl halides is 3. The molecule has 0 radical (unpaired) electrons. The quantitative estimate of drug-likeness (QED) is 0.513. The third kappa shape index (κ3) is 5.58. The Morgan fingerprint density at radius 3 is 1.80 bits per heavy atom. The van der Waals surface area contributed by atoms with Crippen LogP contribution in [0.25, 0.3) is 0 Å². The fraction of sp³-hybridized carbons (Fsp3) is 0.857. The molecule has 0 aliphatic rings. The molecule has 0 aromatic carbocycles. The molecule has 0 rings (SSSR count). The molecule has 2 atom stereocenters. The van der Waals surface area contributed by atoms with Crippen molar-refractivity contribution in [2.75, 3.05) is 0 Å². The molecule has 20 heavy (non-hydrogen) atoms. The maximum absolute atomic E-state index is 12.9. The number of halogens is 3. The summed E-state index contributed by atoms with van der Waals surface area (Å²) >= 11 is 0. The van der Waals surface area contributed by atoms with E-state index in [0.29, 0.717) is 6.04 Å². The number of rotatable bonds is 5. The molecule has 0 amide bonds. The first-order valence-corrected chi connectivity index (χ1v) is 8.72. The molecule has 0 heterocycles. The van der Waals surface area contributed by atoms with Crippen molar-refractivity contribution in [2.24, 2.45) is 0 Å². The van der Waals surface area contributed by atoms with Crippen molar-refractivity contribution in [3.63, 3.8) is 0 Å². The van der Waals surface area contributed by atoms with Gasteiger partial charge in [0.05, 0.1) is 5.60 Å². The molecular weight excluding hydrogens is 285 g/mol. The van der Waals surface area contributed by atoms with Gasteiger partial charge in [-0.3, -0.25) is 0 Å². The predicted octanol–water partition coefficient (Wildman–Crippen LogP) is 5.20. The summed E-state index contributed by atoms with van der Waals surface area (Å²) in [4.78, 5) is 0. The molecule has 120 valence electrons. The molecule has 0 aliphatic carbocycles. The van der Waals surface area contributed by atoms with Crippen LogP contribution in [0.4, 0.5) is 13.2 Å². The van der Waals surface area contributed by atoms with Crippen LogP contribution in [0.3, 0.4) is 0 Å². The average Bonchev–Trinajstić information content (AvgIpc) is 2.11. The van der Waals surface area contributed by atoms with Crippen LogP contribution in [0.2, 0.25) is 11.1 Å². The maximum atomic E-state index is 12.9. The molecule has 0 aromatic heterocycles. The summed E-state index contributed by atoms with van der Waals surface area (Å²) in [6.45, 7) is 15.7. The molecule has 2 nitrogen and oxygen atoms in total. The first-order valence-electron chi connectivity index (χ1n) is 6.70. The van der Waals surface area contributed by atoms with E-state index in [-0.39, 0.29) is 0 Å². The molecule has 0 saturated carbocycles. The topological polar surface area (TPSA) is 18.5 Å². The van der Waals surface area contributed by atoms with E-state index >= 15 is 0 Å². The lowest BCUT2D eigenvalue weighted by atomic mass is 10.2. The van der Waals surface area contributed by atoms with Gasteiger partial charge < -0.3 is 8.85 Å². The minimum atomic E-state index is -4.40. The zero-order valence-corrected chi connectivity index (χ0v) is 14.5. The van der Waals surface area contributed by atoms with Crippen LogP contribution in [0.15, 0.2) is 12.7 Å². The zero-order valence-electron chi connectivity index (χ0n) is 13.5. The van der Waals surface area contributed by atoms with Crippen LogP contribution in [0.5, 0.6) is 0 Å². The summed E-state index contributed by atoms with van der Waals surface area (Å²) in [7, 11) is -3.14. The summed E-state index contributed by atoms with van der Waals surface area (Å²) in [5.41, 5.74) is -0.576. The lowest BCUT2D eigenvalue weighted by molar-refractivity contribution is -0.198. The Bertz CT molecular complexity index is 329. The van der Waals surface area contributed by atoms with Crippen molar-refractivity contribution in [2.45, 2.75) is 77.4 Å². The first-order chi connectivity index (χ1) is 8.65. The van der Waals surface area contributed by atoms with E-state index in [0.717, 1.165) is 6.92 Å². The van der Waals surface area contributed by atoms with Crippen LogP contribution in [-0.2, 0) is 8.85 Å². The van der Waals surface area contributed by atoms with E-state index in [1.54, 1.807) is 6.08 Å². The van der Waals surface area contributed by atoms with Crippen molar-refractivity contribution in [3.8, 4) is 0 Å². The second-order valence-electron chi connectivity index (χ2n) is 7.01. The van der Waals surface area contributed by atoms with Gasteiger partial charge >= 0.3 is 14.7 Å². The summed E-state index contributed by atoms with van der Waals surface area (Å²) < 4.78 is 50.1. The van der Waals surface area contributed by atoms with E-state index < -0.39 is 31.5 Å². The molecule has 0 N–H and O–H groups in total. The Hall–Kier alpha value is -0.333. The van der Waals surface area contributed by atoms with Crippen molar-refractivity contribution >= 4 is 8.56 Å². The molecule has 2 unspecified atom stereocenters. The van der Waals surface area contributed by atoms with Crippen molar-refractivity contribution in [1.82, 2.24) is 0 Å². The lowest BCUT2D eigenvalue weighted by Gasteiger charge is -2.46. The van der Waals surface area contributed by atoms with E-state index in [2.05, 4.69) is 6.58 Å². The van der Waals surface area contributed by atoms with Gasteiger partial charge in [0.1, 0.15) is 6.10 Å². The highest BCUT2D eigenvalue weighted by Crippen LogP contribution is 2.45. The molecule has 0 aliphatic heterocycles. The third-order valence-corrected chi connectivity index (χ3v) is 7.64. The molecule has 0 spiro atoms. The molecule has 6 heteroatoms. The number of hydrogen-bond donors (Lipinski definition) is 0. The summed E-state index contributed by atoms with van der Waals surface area (Å²) in [6, 6.07) is 0.314. The summed E-state index contributed by atoms with van der Waals surface area (Å²) in [6.07, 6.45) is -4.66. The Balaban J connectivity index is 5.58. The Morgan fingerprint density at radius 2 is 1.55 bits per heavy atom. The monoisotopic (exact) mass is 312 g/mol. The number of hydrogen-bond acceptors (Lipinski definition) is 2. The number of allylic oxidation sites excluding steroid dienone is 1. The first kappa shape index (κ1) is 19.7. The summed E-state index contributed by atoms with van der Waals surface area (Å²) in [5, 5.41) is -0.506. The molecule has 0 saturated heterocycles. The van der Waals surface area contributed by atoms with Gasteiger partial charge in [-0.05, 0) is 27.7 Å². The van der Waals surface area contributed by atoms with Crippen LogP contribution in [-0.4, -0.2) is 26.4 Å². The highest BCUT2D eigenvalue weighted by atomic mass is 28.4. The van der Waals surface area contributed by atoms with Gasteiger partial charge in [0, 0.05) is 11.1 Å². The fourth-order valence-corrected chi connectivity index (χ4v) is 5.36. The Labute approximate surface area is 121 Å². The highest BCUT2D eigenvalue weighted by molar-refractivity contribution is 6.71. The van der Waals surface area contributed by atoms with Gasteiger partial charge in [-0.2, -0.15) is 13.2 Å². The van der Waals surface area contributed by atoms with Crippen LogP contribution >= 0.6 is 0 Å².